The van der Waals surface area contributed by atoms with Crippen LogP contribution >= 0.6 is 11.6 Å². The highest BCUT2D eigenvalue weighted by Gasteiger charge is 2.32. The van der Waals surface area contributed by atoms with Gasteiger partial charge < -0.3 is 29.6 Å². The number of rotatable bonds is 20. The van der Waals surface area contributed by atoms with E-state index in [-0.39, 0.29) is 41.9 Å². The lowest BCUT2D eigenvalue weighted by Gasteiger charge is -2.29. The Bertz CT molecular complexity index is 1350. The molecule has 12 nitrogen and oxygen atoms in total. The minimum Gasteiger partial charge on any atom is -0.497 e. The number of esters is 1. The summed E-state index contributed by atoms with van der Waals surface area (Å²) in [6, 6.07) is 6.99. The van der Waals surface area contributed by atoms with Gasteiger partial charge in [0.15, 0.2) is 0 Å². The number of methoxy groups -OCH3 is 1. The van der Waals surface area contributed by atoms with Gasteiger partial charge in [-0.2, -0.15) is 0 Å². The summed E-state index contributed by atoms with van der Waals surface area (Å²) in [4.78, 5) is 57.3. The molecular formula is C37H53ClN4O8. The summed E-state index contributed by atoms with van der Waals surface area (Å²) in [6.45, 7) is 7.56. The first-order valence-electron chi connectivity index (χ1n) is 17.4. The molecule has 1 aromatic rings. The Kier molecular flexibility index (Phi) is 17.5. The van der Waals surface area contributed by atoms with Crippen molar-refractivity contribution in [2.75, 3.05) is 52.5 Å². The number of ether oxygens (including phenoxy) is 4. The van der Waals surface area contributed by atoms with Crippen LogP contribution in [0.5, 0.6) is 5.75 Å². The van der Waals surface area contributed by atoms with E-state index in [2.05, 4.69) is 15.6 Å². The molecule has 0 bridgehead atoms. The van der Waals surface area contributed by atoms with Gasteiger partial charge in [-0.1, -0.05) is 25.0 Å². The fourth-order valence-corrected chi connectivity index (χ4v) is 5.66. The maximum absolute atomic E-state index is 13.4. The lowest BCUT2D eigenvalue weighted by Crippen LogP contribution is -2.46. The Morgan fingerprint density at radius 3 is 2.30 bits per heavy atom. The Morgan fingerprint density at radius 1 is 0.960 bits per heavy atom. The van der Waals surface area contributed by atoms with Crippen molar-refractivity contribution in [1.29, 1.82) is 0 Å². The minimum atomic E-state index is -0.693. The van der Waals surface area contributed by atoms with Crippen LogP contribution < -0.4 is 15.4 Å². The molecule has 1 aromatic carbocycles. The largest absolute Gasteiger partial charge is 0.497 e. The van der Waals surface area contributed by atoms with Crippen LogP contribution in [0.25, 0.3) is 6.08 Å². The fourth-order valence-electron chi connectivity index (χ4n) is 5.47. The van der Waals surface area contributed by atoms with E-state index in [9.17, 15) is 19.2 Å². The number of carbonyl (C=O) groups excluding carboxylic acids is 4. The quantitative estimate of drug-likeness (QED) is 0.0848. The van der Waals surface area contributed by atoms with Crippen LogP contribution in [0, 0.1) is 5.92 Å². The Labute approximate surface area is 301 Å². The van der Waals surface area contributed by atoms with Crippen LogP contribution in [0.2, 0.25) is 0 Å². The van der Waals surface area contributed by atoms with Crippen molar-refractivity contribution in [3.63, 3.8) is 0 Å². The molecule has 2 N–H and O–H groups in total. The Morgan fingerprint density at radius 2 is 1.64 bits per heavy atom. The summed E-state index contributed by atoms with van der Waals surface area (Å²) in [5.41, 5.74) is 0.154. The summed E-state index contributed by atoms with van der Waals surface area (Å²) in [5.74, 6) is -0.0308. The molecule has 0 aromatic heterocycles. The molecule has 0 atom stereocenters. The second kappa shape index (κ2) is 21.5. The van der Waals surface area contributed by atoms with Gasteiger partial charge in [0, 0.05) is 37.1 Å². The number of nitrogens with zero attached hydrogens (tertiary/aromatic N) is 2. The van der Waals surface area contributed by atoms with Crippen LogP contribution in [0.1, 0.15) is 77.7 Å². The molecule has 0 spiro atoms. The zero-order chi connectivity index (χ0) is 36.4. The zero-order valence-corrected chi connectivity index (χ0v) is 30.6. The molecule has 1 aliphatic carbocycles. The topological polar surface area (TPSA) is 145 Å². The third kappa shape index (κ3) is 15.0. The van der Waals surface area contributed by atoms with Crippen molar-refractivity contribution in [3.05, 3.63) is 47.7 Å². The summed E-state index contributed by atoms with van der Waals surface area (Å²) >= 11 is 5.68. The number of amidine groups is 1. The van der Waals surface area contributed by atoms with E-state index in [1.165, 1.54) is 17.1 Å². The summed E-state index contributed by atoms with van der Waals surface area (Å²) in [5, 5.41) is 5.95. The minimum absolute atomic E-state index is 0.0111. The molecule has 3 rings (SSSR count). The smallest absolute Gasteiger partial charge is 0.331 e. The molecular weight excluding hydrogens is 664 g/mol. The maximum Gasteiger partial charge on any atom is 0.331 e. The van der Waals surface area contributed by atoms with E-state index < -0.39 is 17.5 Å². The number of benzene rings is 1. The van der Waals surface area contributed by atoms with Crippen molar-refractivity contribution in [2.24, 2.45) is 10.9 Å². The predicted molar refractivity (Wildman–Crippen MR) is 193 cm³/mol. The maximum atomic E-state index is 13.4. The highest BCUT2D eigenvalue weighted by Crippen LogP contribution is 2.25. The molecule has 1 aliphatic heterocycles. The van der Waals surface area contributed by atoms with Crippen LogP contribution in [-0.4, -0.2) is 98.6 Å². The van der Waals surface area contributed by atoms with E-state index in [1.807, 2.05) is 0 Å². The molecule has 1 fully saturated rings. The number of hydrogen-bond acceptors (Lipinski definition) is 9. The predicted octanol–water partition coefficient (Wildman–Crippen LogP) is 4.80. The van der Waals surface area contributed by atoms with E-state index in [0.29, 0.717) is 70.3 Å². The number of alkyl halides is 1. The van der Waals surface area contributed by atoms with E-state index >= 15 is 0 Å². The van der Waals surface area contributed by atoms with Gasteiger partial charge in [-0.15, -0.1) is 11.6 Å². The average Bonchev–Trinajstić information content (AvgIpc) is 3.36. The molecule has 2 aliphatic rings. The van der Waals surface area contributed by atoms with Crippen molar-refractivity contribution in [2.45, 2.75) is 83.8 Å². The Balaban J connectivity index is 1.44. The van der Waals surface area contributed by atoms with Gasteiger partial charge in [-0.25, -0.2) is 9.79 Å². The fraction of sp³-hybridized carbons (Fsp3) is 0.595. The van der Waals surface area contributed by atoms with Gasteiger partial charge in [-0.05, 0) is 89.1 Å². The molecule has 1 heterocycles. The lowest BCUT2D eigenvalue weighted by molar-refractivity contribution is -0.148. The summed E-state index contributed by atoms with van der Waals surface area (Å²) in [6.07, 6.45) is 11.0. The highest BCUT2D eigenvalue weighted by atomic mass is 35.5. The lowest BCUT2D eigenvalue weighted by atomic mass is 9.85. The molecule has 13 heteroatoms. The van der Waals surface area contributed by atoms with E-state index in [0.717, 1.165) is 31.2 Å². The normalized spacial score (nSPS) is 18.7. The van der Waals surface area contributed by atoms with E-state index in [4.69, 9.17) is 30.5 Å². The third-order valence-electron chi connectivity index (χ3n) is 8.03. The number of nitrogens with one attached hydrogen (secondary N) is 2. The molecule has 276 valence electrons. The number of aliphatic imine (C=N–C) groups is 1. The van der Waals surface area contributed by atoms with Crippen LogP contribution in [0.15, 0.2) is 47.1 Å². The van der Waals surface area contributed by atoms with Crippen LogP contribution in [0.4, 0.5) is 0 Å². The molecule has 0 saturated heterocycles. The Hall–Kier alpha value is -3.74. The number of halogens is 1. The van der Waals surface area contributed by atoms with Gasteiger partial charge >= 0.3 is 5.97 Å². The monoisotopic (exact) mass is 716 g/mol. The third-order valence-corrected chi connectivity index (χ3v) is 8.29. The second-order valence-corrected chi connectivity index (χ2v) is 13.6. The van der Waals surface area contributed by atoms with E-state index in [1.54, 1.807) is 58.2 Å². The van der Waals surface area contributed by atoms with Gasteiger partial charge in [0.25, 0.3) is 5.91 Å². The van der Waals surface area contributed by atoms with Crippen molar-refractivity contribution >= 4 is 47.2 Å². The first kappa shape index (κ1) is 40.7. The molecule has 0 unspecified atom stereocenters. The molecule has 0 radical (unpaired) electrons. The number of carbonyl (C=O) groups is 4. The summed E-state index contributed by atoms with van der Waals surface area (Å²) < 4.78 is 21.7. The SMILES string of the molecule is COc1ccc(/C=C2N=C(/C=C/C(=O)OC(C)(C)C)N(CC(=O)NC3CCC(C(=O)NCCOCCOCCCCCCCl)CC3)C\2=O)cc1. The first-order valence-corrected chi connectivity index (χ1v) is 18.0. The number of unbranched alkanes of at least 4 members (excludes halogenated alkanes) is 3. The van der Waals surface area contributed by atoms with Crippen LogP contribution in [-0.2, 0) is 33.4 Å². The standard InChI is InChI=1S/C37H53ClN4O8/c1-37(2,3)50-34(44)18-17-32-41-31(25-27-9-15-30(47-4)16-10-27)36(46)42(32)26-33(43)40-29-13-11-28(12-14-29)35(45)39-20-22-49-24-23-48-21-8-6-5-7-19-38/h9-10,15-18,25,28-29H,5-8,11-14,19-24,26H2,1-4H3,(H,39,45)(H,40,43)/b18-17+,31-25-. The second-order valence-electron chi connectivity index (χ2n) is 13.3. The van der Waals surface area contributed by atoms with Gasteiger partial charge in [0.05, 0.1) is 26.9 Å². The van der Waals surface area contributed by atoms with Gasteiger partial charge in [0.1, 0.15) is 29.4 Å². The van der Waals surface area contributed by atoms with Gasteiger partial charge in [0.2, 0.25) is 11.8 Å². The number of amides is 3. The highest BCUT2D eigenvalue weighted by molar-refractivity contribution is 6.19. The van der Waals surface area contributed by atoms with Gasteiger partial charge in [-0.3, -0.25) is 19.3 Å². The van der Waals surface area contributed by atoms with Crippen molar-refractivity contribution < 1.29 is 38.1 Å². The van der Waals surface area contributed by atoms with Crippen molar-refractivity contribution in [1.82, 2.24) is 15.5 Å². The van der Waals surface area contributed by atoms with Crippen molar-refractivity contribution in [3.8, 4) is 5.75 Å². The van der Waals surface area contributed by atoms with Crippen LogP contribution in [0.3, 0.4) is 0 Å². The molecule has 1 saturated carbocycles. The zero-order valence-electron chi connectivity index (χ0n) is 29.8. The summed E-state index contributed by atoms with van der Waals surface area (Å²) in [7, 11) is 1.57. The molecule has 3 amide bonds. The number of hydrogen-bond donors (Lipinski definition) is 2. The molecule has 50 heavy (non-hydrogen) atoms. The average molecular weight is 717 g/mol. The first-order chi connectivity index (χ1) is 24.0.